The van der Waals surface area contributed by atoms with Gasteiger partial charge in [0.2, 0.25) is 0 Å². The predicted molar refractivity (Wildman–Crippen MR) is 77.5 cm³/mol. The van der Waals surface area contributed by atoms with E-state index in [9.17, 15) is 5.26 Å². The van der Waals surface area contributed by atoms with Crippen LogP contribution >= 0.6 is 23.2 Å². The lowest BCUT2D eigenvalue weighted by molar-refractivity contribution is 0.106. The third-order valence-corrected chi connectivity index (χ3v) is 3.93. The van der Waals surface area contributed by atoms with E-state index in [1.807, 2.05) is 0 Å². The molecule has 1 N–H and O–H groups in total. The first-order chi connectivity index (χ1) is 10.1. The number of rotatable bonds is 1. The van der Waals surface area contributed by atoms with E-state index in [2.05, 4.69) is 11.2 Å². The van der Waals surface area contributed by atoms with Gasteiger partial charge in [0.1, 0.15) is 17.3 Å². The van der Waals surface area contributed by atoms with Crippen molar-refractivity contribution in [1.82, 2.24) is 9.78 Å². The zero-order valence-corrected chi connectivity index (χ0v) is 12.4. The Morgan fingerprint density at radius 3 is 2.71 bits per heavy atom. The number of nitriles is 1. The van der Waals surface area contributed by atoms with Crippen molar-refractivity contribution in [1.29, 1.82) is 10.7 Å². The summed E-state index contributed by atoms with van der Waals surface area (Å²) in [6, 6.07) is 7.13. The van der Waals surface area contributed by atoms with E-state index in [-0.39, 0.29) is 5.49 Å². The van der Waals surface area contributed by atoms with Crippen LogP contribution in [0, 0.1) is 16.7 Å². The van der Waals surface area contributed by atoms with E-state index in [0.29, 0.717) is 46.6 Å². The molecule has 0 saturated heterocycles. The second-order valence-electron chi connectivity index (χ2n) is 4.55. The molecular weight excluding hydrogens is 311 g/mol. The highest BCUT2D eigenvalue weighted by atomic mass is 35.5. The largest absolute Gasteiger partial charge is 0.375 e. The monoisotopic (exact) mass is 320 g/mol. The van der Waals surface area contributed by atoms with Crippen molar-refractivity contribution < 1.29 is 4.74 Å². The van der Waals surface area contributed by atoms with Gasteiger partial charge in [0.15, 0.2) is 5.49 Å². The number of para-hydroxylation sites is 1. The molecule has 1 aliphatic heterocycles. The van der Waals surface area contributed by atoms with Crippen LogP contribution in [0.25, 0.3) is 5.69 Å². The van der Waals surface area contributed by atoms with Crippen molar-refractivity contribution in [3.8, 4) is 11.8 Å². The molecule has 2 heterocycles. The maximum absolute atomic E-state index is 9.37. The minimum atomic E-state index is -0.0202. The van der Waals surface area contributed by atoms with Gasteiger partial charge >= 0.3 is 0 Å². The third-order valence-electron chi connectivity index (χ3n) is 3.32. The van der Waals surface area contributed by atoms with Gasteiger partial charge in [-0.05, 0) is 18.6 Å². The van der Waals surface area contributed by atoms with Crippen LogP contribution in [0.3, 0.4) is 0 Å². The van der Waals surface area contributed by atoms with Gasteiger partial charge in [-0.1, -0.05) is 29.3 Å². The van der Waals surface area contributed by atoms with E-state index in [1.54, 1.807) is 18.2 Å². The second-order valence-corrected chi connectivity index (χ2v) is 5.36. The second kappa shape index (κ2) is 5.49. The fourth-order valence-electron chi connectivity index (χ4n) is 2.33. The minimum Gasteiger partial charge on any atom is -0.375 e. The van der Waals surface area contributed by atoms with Crippen LogP contribution in [-0.4, -0.2) is 16.4 Å². The van der Waals surface area contributed by atoms with Crippen molar-refractivity contribution in [2.75, 3.05) is 6.61 Å². The summed E-state index contributed by atoms with van der Waals surface area (Å²) in [6.45, 7) is 0.839. The normalized spacial score (nSPS) is 13.6. The summed E-state index contributed by atoms with van der Waals surface area (Å²) in [4.78, 5) is 0. The zero-order chi connectivity index (χ0) is 15.0. The molecule has 0 fully saturated rings. The van der Waals surface area contributed by atoms with Crippen LogP contribution in [0.1, 0.15) is 16.8 Å². The Labute approximate surface area is 130 Å². The summed E-state index contributed by atoms with van der Waals surface area (Å²) in [5.74, 6) is 0. The van der Waals surface area contributed by atoms with Gasteiger partial charge in [-0.2, -0.15) is 10.4 Å². The number of halogens is 2. The molecule has 0 saturated carbocycles. The van der Waals surface area contributed by atoms with Crippen molar-refractivity contribution in [3.05, 3.63) is 50.6 Å². The number of ether oxygens (including phenoxy) is 1. The lowest BCUT2D eigenvalue weighted by atomic mass is 10.0. The highest BCUT2D eigenvalue weighted by molar-refractivity contribution is 6.37. The number of hydrogen-bond acceptors (Lipinski definition) is 4. The number of nitrogens with one attached hydrogen (secondary N) is 1. The van der Waals surface area contributed by atoms with Crippen LogP contribution in [-0.2, 0) is 17.8 Å². The highest BCUT2D eigenvalue weighted by Crippen LogP contribution is 2.27. The molecule has 1 aliphatic rings. The van der Waals surface area contributed by atoms with Gasteiger partial charge in [-0.15, -0.1) is 0 Å². The fraction of sp³-hybridized carbons (Fsp3) is 0.214. The summed E-state index contributed by atoms with van der Waals surface area (Å²) >= 11 is 12.3. The lowest BCUT2D eigenvalue weighted by Crippen LogP contribution is -2.30. The lowest BCUT2D eigenvalue weighted by Gasteiger charge is -2.19. The average Bonchev–Trinajstić information content (AvgIpc) is 2.47. The Balaban J connectivity index is 2.35. The van der Waals surface area contributed by atoms with Crippen molar-refractivity contribution >= 4 is 23.2 Å². The maximum Gasteiger partial charge on any atom is 0.165 e. The number of fused-ring (bicyclic) bond motifs is 1. The summed E-state index contributed by atoms with van der Waals surface area (Å²) < 4.78 is 6.68. The predicted octanol–water partition coefficient (Wildman–Crippen LogP) is 2.60. The summed E-state index contributed by atoms with van der Waals surface area (Å²) in [7, 11) is 0. The molecular formula is C14H10Cl2N4O. The standard InChI is InChI=1S/C14H10Cl2N4O/c15-10-2-1-3-11(16)13(10)20-14(18)9(6-17)8-4-5-21-7-12(8)19-20/h1-3,18H,4-5,7H2. The summed E-state index contributed by atoms with van der Waals surface area (Å²) in [5.41, 5.74) is 2.08. The smallest absolute Gasteiger partial charge is 0.165 e. The summed E-state index contributed by atoms with van der Waals surface area (Å²) in [5, 5.41) is 22.7. The van der Waals surface area contributed by atoms with Gasteiger partial charge in [-0.3, -0.25) is 5.41 Å². The molecule has 3 rings (SSSR count). The van der Waals surface area contributed by atoms with E-state index in [4.69, 9.17) is 33.3 Å². The Morgan fingerprint density at radius 2 is 2.05 bits per heavy atom. The molecule has 106 valence electrons. The van der Waals surface area contributed by atoms with Crippen molar-refractivity contribution in [3.63, 3.8) is 0 Å². The molecule has 7 heteroatoms. The summed E-state index contributed by atoms with van der Waals surface area (Å²) in [6.07, 6.45) is 0.578. The molecule has 0 unspecified atom stereocenters. The van der Waals surface area contributed by atoms with E-state index in [1.165, 1.54) is 4.68 Å². The van der Waals surface area contributed by atoms with Gasteiger partial charge in [0, 0.05) is 5.56 Å². The SMILES string of the molecule is N#Cc1c2c(nn(-c3c(Cl)cccc3Cl)c1=N)COCC2. The number of aromatic nitrogens is 2. The first-order valence-electron chi connectivity index (χ1n) is 6.25. The first-order valence-corrected chi connectivity index (χ1v) is 7.01. The Morgan fingerprint density at radius 1 is 1.33 bits per heavy atom. The Hall–Kier alpha value is -1.87. The number of hydrogen-bond donors (Lipinski definition) is 1. The number of nitrogens with zero attached hydrogens (tertiary/aromatic N) is 3. The molecule has 21 heavy (non-hydrogen) atoms. The van der Waals surface area contributed by atoms with Gasteiger partial charge < -0.3 is 4.74 Å². The van der Waals surface area contributed by atoms with Crippen LogP contribution in [0.5, 0.6) is 0 Å². The van der Waals surface area contributed by atoms with Crippen LogP contribution in [0.4, 0.5) is 0 Å². The molecule has 0 radical (unpaired) electrons. The topological polar surface area (TPSA) is 74.7 Å². The third kappa shape index (κ3) is 2.32. The average molecular weight is 321 g/mol. The molecule has 5 nitrogen and oxygen atoms in total. The fourth-order valence-corrected chi connectivity index (χ4v) is 2.88. The van der Waals surface area contributed by atoms with Crippen molar-refractivity contribution in [2.45, 2.75) is 13.0 Å². The molecule has 0 amide bonds. The number of benzene rings is 1. The minimum absolute atomic E-state index is 0.0202. The maximum atomic E-state index is 9.37. The van der Waals surface area contributed by atoms with Crippen LogP contribution in [0.15, 0.2) is 18.2 Å². The zero-order valence-electron chi connectivity index (χ0n) is 10.9. The van der Waals surface area contributed by atoms with Gasteiger partial charge in [0.25, 0.3) is 0 Å². The Kier molecular flexibility index (Phi) is 3.68. The van der Waals surface area contributed by atoms with Crippen LogP contribution in [0.2, 0.25) is 10.0 Å². The Bertz CT molecular complexity index is 803. The first kappa shape index (κ1) is 14.1. The molecule has 0 bridgehead atoms. The van der Waals surface area contributed by atoms with Crippen LogP contribution < -0.4 is 5.49 Å². The molecule has 0 spiro atoms. The molecule has 0 aliphatic carbocycles. The molecule has 1 aromatic carbocycles. The molecule has 0 atom stereocenters. The van der Waals surface area contributed by atoms with Gasteiger partial charge in [-0.25, -0.2) is 4.68 Å². The van der Waals surface area contributed by atoms with Gasteiger partial charge in [0.05, 0.1) is 29.0 Å². The van der Waals surface area contributed by atoms with E-state index in [0.717, 1.165) is 5.56 Å². The van der Waals surface area contributed by atoms with E-state index < -0.39 is 0 Å². The highest BCUT2D eigenvalue weighted by Gasteiger charge is 2.21. The quantitative estimate of drug-likeness (QED) is 0.877. The molecule has 2 aromatic rings. The van der Waals surface area contributed by atoms with E-state index >= 15 is 0 Å². The van der Waals surface area contributed by atoms with Crippen molar-refractivity contribution in [2.24, 2.45) is 0 Å². The molecule has 1 aromatic heterocycles.